The van der Waals surface area contributed by atoms with Gasteiger partial charge in [0.1, 0.15) is 5.54 Å². The minimum absolute atomic E-state index is 0.380. The zero-order chi connectivity index (χ0) is 14.8. The Balaban J connectivity index is 1.88. The van der Waals surface area contributed by atoms with Gasteiger partial charge < -0.3 is 4.90 Å². The molecule has 4 nitrogen and oxygen atoms in total. The van der Waals surface area contributed by atoms with Crippen molar-refractivity contribution in [3.05, 3.63) is 0 Å². The third-order valence-electron chi connectivity index (χ3n) is 4.92. The third-order valence-corrected chi connectivity index (χ3v) is 4.92. The van der Waals surface area contributed by atoms with Crippen LogP contribution in [-0.4, -0.2) is 60.6 Å². The fraction of sp³-hybridized carbons (Fsp3) is 0.938. The van der Waals surface area contributed by atoms with Crippen molar-refractivity contribution in [2.75, 3.05) is 27.2 Å². The van der Waals surface area contributed by atoms with Gasteiger partial charge in [0.2, 0.25) is 0 Å². The average Bonchev–Trinajstić information content (AvgIpc) is 3.21. The molecule has 1 N–H and O–H groups in total. The highest BCUT2D eigenvalue weighted by Crippen LogP contribution is 2.26. The second kappa shape index (κ2) is 6.43. The molecule has 0 aromatic rings. The summed E-state index contributed by atoms with van der Waals surface area (Å²) < 4.78 is 0. The highest BCUT2D eigenvalue weighted by molar-refractivity contribution is 5.08. The molecule has 2 rings (SSSR count). The van der Waals surface area contributed by atoms with Crippen molar-refractivity contribution in [3.8, 4) is 6.07 Å². The fourth-order valence-electron chi connectivity index (χ4n) is 3.38. The molecule has 0 aromatic carbocycles. The number of nitrogens with one attached hydrogen (secondary N) is 1. The summed E-state index contributed by atoms with van der Waals surface area (Å²) in [6.07, 6.45) is 5.93. The maximum atomic E-state index is 9.51. The van der Waals surface area contributed by atoms with Gasteiger partial charge in [-0.25, -0.2) is 0 Å². The van der Waals surface area contributed by atoms with Crippen molar-refractivity contribution in [1.29, 1.82) is 5.26 Å². The highest BCUT2D eigenvalue weighted by atomic mass is 15.2. The van der Waals surface area contributed by atoms with Crippen LogP contribution in [0.3, 0.4) is 0 Å². The lowest BCUT2D eigenvalue weighted by Gasteiger charge is -2.40. The first-order valence-electron chi connectivity index (χ1n) is 8.03. The number of rotatable bonds is 6. The molecule has 20 heavy (non-hydrogen) atoms. The van der Waals surface area contributed by atoms with Crippen molar-refractivity contribution >= 4 is 0 Å². The smallest absolute Gasteiger partial charge is 0.105 e. The Morgan fingerprint density at radius 1 is 1.45 bits per heavy atom. The van der Waals surface area contributed by atoms with E-state index in [9.17, 15) is 5.26 Å². The van der Waals surface area contributed by atoms with E-state index in [2.05, 4.69) is 49.1 Å². The summed E-state index contributed by atoms with van der Waals surface area (Å²) in [5.74, 6) is 0. The first-order valence-corrected chi connectivity index (χ1v) is 8.03. The van der Waals surface area contributed by atoms with Crippen molar-refractivity contribution < 1.29 is 0 Å². The van der Waals surface area contributed by atoms with Crippen LogP contribution in [0.5, 0.6) is 0 Å². The molecule has 2 aliphatic rings. The summed E-state index contributed by atoms with van der Waals surface area (Å²) in [6, 6.07) is 4.15. The Hall–Kier alpha value is -0.630. The Kier molecular flexibility index (Phi) is 5.06. The second-order valence-electron chi connectivity index (χ2n) is 7.14. The van der Waals surface area contributed by atoms with Gasteiger partial charge in [-0.3, -0.25) is 10.2 Å². The maximum absolute atomic E-state index is 9.51. The van der Waals surface area contributed by atoms with Gasteiger partial charge >= 0.3 is 0 Å². The average molecular weight is 278 g/mol. The van der Waals surface area contributed by atoms with E-state index < -0.39 is 0 Å². The summed E-state index contributed by atoms with van der Waals surface area (Å²) in [6.45, 7) is 6.69. The molecule has 3 atom stereocenters. The number of hydrogen-bond donors (Lipinski definition) is 1. The number of hydrogen-bond acceptors (Lipinski definition) is 4. The molecular formula is C16H30N4. The van der Waals surface area contributed by atoms with Crippen LogP contribution in [0, 0.1) is 11.3 Å². The Morgan fingerprint density at radius 3 is 2.70 bits per heavy atom. The summed E-state index contributed by atoms with van der Waals surface area (Å²) in [7, 11) is 4.43. The molecule has 4 heteroatoms. The number of nitrogens with zero attached hydrogens (tertiary/aromatic N) is 3. The molecule has 0 spiro atoms. The zero-order valence-corrected chi connectivity index (χ0v) is 13.5. The summed E-state index contributed by atoms with van der Waals surface area (Å²) >= 11 is 0. The second-order valence-corrected chi connectivity index (χ2v) is 7.14. The van der Waals surface area contributed by atoms with E-state index in [1.54, 1.807) is 0 Å². The molecule has 2 fully saturated rings. The lowest BCUT2D eigenvalue weighted by molar-refractivity contribution is 0.0929. The normalized spacial score (nSPS) is 28.9. The van der Waals surface area contributed by atoms with E-state index in [4.69, 9.17) is 0 Å². The van der Waals surface area contributed by atoms with E-state index in [0.29, 0.717) is 18.1 Å². The molecular weight excluding hydrogens is 248 g/mol. The monoisotopic (exact) mass is 278 g/mol. The Labute approximate surface area is 124 Å². The SMILES string of the molecule is CC(CC(C)(C#N)NC1CC1)N(C)C1CCCN(C)C1. The van der Waals surface area contributed by atoms with Crippen LogP contribution < -0.4 is 5.32 Å². The van der Waals surface area contributed by atoms with Gasteiger partial charge in [0, 0.05) is 24.7 Å². The van der Waals surface area contributed by atoms with Gasteiger partial charge in [-0.1, -0.05) is 0 Å². The van der Waals surface area contributed by atoms with Crippen LogP contribution in [0.4, 0.5) is 0 Å². The largest absolute Gasteiger partial charge is 0.305 e. The van der Waals surface area contributed by atoms with E-state index in [0.717, 1.165) is 13.0 Å². The van der Waals surface area contributed by atoms with E-state index in [1.807, 2.05) is 0 Å². The molecule has 1 aliphatic carbocycles. The topological polar surface area (TPSA) is 42.3 Å². The lowest BCUT2D eigenvalue weighted by atomic mass is 9.92. The van der Waals surface area contributed by atoms with Gasteiger partial charge in [-0.15, -0.1) is 0 Å². The van der Waals surface area contributed by atoms with Gasteiger partial charge in [-0.05, 0) is 66.6 Å². The minimum Gasteiger partial charge on any atom is -0.305 e. The number of piperidine rings is 1. The predicted molar refractivity (Wildman–Crippen MR) is 82.5 cm³/mol. The molecule has 0 bridgehead atoms. The van der Waals surface area contributed by atoms with Gasteiger partial charge in [0.15, 0.2) is 0 Å². The van der Waals surface area contributed by atoms with E-state index >= 15 is 0 Å². The third kappa shape index (κ3) is 4.18. The van der Waals surface area contributed by atoms with Gasteiger partial charge in [-0.2, -0.15) is 5.26 Å². The molecule has 0 radical (unpaired) electrons. The van der Waals surface area contributed by atoms with Crippen molar-refractivity contribution in [1.82, 2.24) is 15.1 Å². The highest BCUT2D eigenvalue weighted by Gasteiger charge is 2.35. The molecule has 114 valence electrons. The molecule has 1 saturated carbocycles. The number of likely N-dealkylation sites (N-methyl/N-ethyl adjacent to an activating group) is 2. The predicted octanol–water partition coefficient (Wildman–Crippen LogP) is 1.83. The van der Waals surface area contributed by atoms with Gasteiger partial charge in [0.25, 0.3) is 0 Å². The molecule has 1 aliphatic heterocycles. The molecule has 0 aromatic heterocycles. The fourth-order valence-corrected chi connectivity index (χ4v) is 3.38. The van der Waals surface area contributed by atoms with Crippen LogP contribution in [-0.2, 0) is 0 Å². The first kappa shape index (κ1) is 15.8. The molecule has 1 saturated heterocycles. The van der Waals surface area contributed by atoms with Crippen LogP contribution in [0.2, 0.25) is 0 Å². The Bertz CT molecular complexity index is 360. The van der Waals surface area contributed by atoms with Crippen molar-refractivity contribution in [3.63, 3.8) is 0 Å². The van der Waals surface area contributed by atoms with Crippen LogP contribution >= 0.6 is 0 Å². The molecule has 0 amide bonds. The number of nitriles is 1. The molecule has 1 heterocycles. The quantitative estimate of drug-likeness (QED) is 0.805. The van der Waals surface area contributed by atoms with Crippen LogP contribution in [0.15, 0.2) is 0 Å². The van der Waals surface area contributed by atoms with Crippen molar-refractivity contribution in [2.45, 2.75) is 69.6 Å². The van der Waals surface area contributed by atoms with Crippen LogP contribution in [0.1, 0.15) is 46.0 Å². The van der Waals surface area contributed by atoms with E-state index in [1.165, 1.54) is 32.2 Å². The molecule has 3 unspecified atom stereocenters. The summed E-state index contributed by atoms with van der Waals surface area (Å²) in [4.78, 5) is 4.91. The zero-order valence-electron chi connectivity index (χ0n) is 13.5. The first-order chi connectivity index (χ1) is 9.43. The summed E-state index contributed by atoms with van der Waals surface area (Å²) in [5.41, 5.74) is -0.380. The van der Waals surface area contributed by atoms with Crippen LogP contribution in [0.25, 0.3) is 0 Å². The standard InChI is InChI=1S/C16H30N4/c1-13(10-16(2,12-17)18-14-7-8-14)20(4)15-6-5-9-19(3)11-15/h13-15,18H,5-11H2,1-4H3. The minimum atomic E-state index is -0.380. The van der Waals surface area contributed by atoms with Gasteiger partial charge in [0.05, 0.1) is 6.07 Å². The Morgan fingerprint density at radius 2 is 2.15 bits per heavy atom. The lowest BCUT2D eigenvalue weighted by Crippen LogP contribution is -2.52. The van der Waals surface area contributed by atoms with Crippen molar-refractivity contribution in [2.24, 2.45) is 0 Å². The van der Waals surface area contributed by atoms with E-state index in [-0.39, 0.29) is 5.54 Å². The summed E-state index contributed by atoms with van der Waals surface area (Å²) in [5, 5.41) is 13.0. The number of likely N-dealkylation sites (tertiary alicyclic amines) is 1. The maximum Gasteiger partial charge on any atom is 0.105 e.